The van der Waals surface area contributed by atoms with Crippen LogP contribution in [0.2, 0.25) is 0 Å². The summed E-state index contributed by atoms with van der Waals surface area (Å²) >= 11 is 0. The molecule has 1 aromatic carbocycles. The first kappa shape index (κ1) is 15.7. The monoisotopic (exact) mass is 290 g/mol. The molecule has 21 heavy (non-hydrogen) atoms. The van der Waals surface area contributed by atoms with Crippen molar-refractivity contribution in [2.24, 2.45) is 16.7 Å². The Morgan fingerprint density at radius 2 is 1.90 bits per heavy atom. The van der Waals surface area contributed by atoms with E-state index in [2.05, 4.69) is 33.0 Å². The van der Waals surface area contributed by atoms with Gasteiger partial charge in [0.1, 0.15) is 0 Å². The number of rotatable bonds is 5. The highest BCUT2D eigenvalue weighted by atomic mass is 16.5. The van der Waals surface area contributed by atoms with Crippen molar-refractivity contribution < 1.29 is 9.53 Å². The van der Waals surface area contributed by atoms with Crippen LogP contribution in [0.5, 0.6) is 0 Å². The number of hydrogen-bond donors (Lipinski definition) is 2. The van der Waals surface area contributed by atoms with Gasteiger partial charge in [-0.1, -0.05) is 33.8 Å². The zero-order chi connectivity index (χ0) is 15.8. The molecule has 1 saturated carbocycles. The molecule has 1 aromatic rings. The van der Waals surface area contributed by atoms with E-state index in [1.807, 2.05) is 0 Å². The highest BCUT2D eigenvalue weighted by Gasteiger charge is 2.64. The second-order valence-corrected chi connectivity index (χ2v) is 6.87. The van der Waals surface area contributed by atoms with Crippen molar-refractivity contribution in [2.75, 3.05) is 24.2 Å². The lowest BCUT2D eigenvalue weighted by Gasteiger charge is -2.14. The number of esters is 1. The van der Waals surface area contributed by atoms with E-state index in [4.69, 9.17) is 10.5 Å². The number of para-hydroxylation sites is 1. The third-order valence-electron chi connectivity index (χ3n) is 5.39. The molecular weight excluding hydrogens is 264 g/mol. The van der Waals surface area contributed by atoms with Crippen LogP contribution in [-0.2, 0) is 4.74 Å². The van der Waals surface area contributed by atoms with Gasteiger partial charge in [-0.15, -0.1) is 0 Å². The zero-order valence-electron chi connectivity index (χ0n) is 13.6. The molecule has 2 rings (SSSR count). The van der Waals surface area contributed by atoms with Gasteiger partial charge in [-0.25, -0.2) is 4.79 Å². The van der Waals surface area contributed by atoms with Crippen LogP contribution in [0.25, 0.3) is 0 Å². The van der Waals surface area contributed by atoms with Gasteiger partial charge in [0.2, 0.25) is 0 Å². The number of carbonyl (C=O) groups excluding carboxylic acids is 1. The van der Waals surface area contributed by atoms with Crippen LogP contribution in [0.3, 0.4) is 0 Å². The summed E-state index contributed by atoms with van der Waals surface area (Å²) < 4.78 is 5.09. The molecule has 0 unspecified atom stereocenters. The number of hydrogen-bond acceptors (Lipinski definition) is 4. The lowest BCUT2D eigenvalue weighted by atomic mass is 10.0. The highest BCUT2D eigenvalue weighted by Crippen LogP contribution is 2.68. The molecule has 0 aliphatic heterocycles. The number of benzene rings is 1. The highest BCUT2D eigenvalue weighted by molar-refractivity contribution is 5.98. The molecule has 0 spiro atoms. The average molecular weight is 290 g/mol. The topological polar surface area (TPSA) is 64.3 Å². The molecule has 116 valence electrons. The van der Waals surface area contributed by atoms with Crippen molar-refractivity contribution in [1.82, 2.24) is 0 Å². The normalized spacial score (nSPS) is 19.1. The predicted molar refractivity (Wildman–Crippen MR) is 86.4 cm³/mol. The van der Waals surface area contributed by atoms with Gasteiger partial charge in [-0.3, -0.25) is 0 Å². The summed E-state index contributed by atoms with van der Waals surface area (Å²) in [5.41, 5.74) is 8.40. The van der Waals surface area contributed by atoms with Gasteiger partial charge < -0.3 is 15.8 Å². The van der Waals surface area contributed by atoms with Crippen LogP contribution < -0.4 is 11.1 Å². The van der Waals surface area contributed by atoms with Gasteiger partial charge in [0.05, 0.1) is 23.5 Å². The SMILES string of the molecule is CCOC(=O)c1cccc(N)c1NCC1C(C)(C)C1(C)C. The summed E-state index contributed by atoms with van der Waals surface area (Å²) in [5, 5.41) is 3.37. The summed E-state index contributed by atoms with van der Waals surface area (Å²) in [4.78, 5) is 12.0. The molecule has 0 bridgehead atoms. The maximum absolute atomic E-state index is 12.0. The Bertz CT molecular complexity index is 536. The van der Waals surface area contributed by atoms with E-state index in [0.29, 0.717) is 40.3 Å². The third kappa shape index (κ3) is 2.59. The molecule has 1 fully saturated rings. The average Bonchev–Trinajstić information content (AvgIpc) is 2.78. The molecule has 0 amide bonds. The fraction of sp³-hybridized carbons (Fsp3) is 0.588. The van der Waals surface area contributed by atoms with E-state index in [1.54, 1.807) is 25.1 Å². The van der Waals surface area contributed by atoms with Crippen molar-refractivity contribution in [3.05, 3.63) is 23.8 Å². The third-order valence-corrected chi connectivity index (χ3v) is 5.39. The van der Waals surface area contributed by atoms with Crippen LogP contribution in [0.15, 0.2) is 18.2 Å². The largest absolute Gasteiger partial charge is 0.462 e. The Morgan fingerprint density at radius 1 is 1.29 bits per heavy atom. The van der Waals surface area contributed by atoms with Crippen molar-refractivity contribution in [3.63, 3.8) is 0 Å². The molecule has 0 saturated heterocycles. The van der Waals surface area contributed by atoms with Crippen LogP contribution in [0.4, 0.5) is 11.4 Å². The Hall–Kier alpha value is -1.71. The van der Waals surface area contributed by atoms with Crippen LogP contribution in [0, 0.1) is 16.7 Å². The second kappa shape index (κ2) is 5.24. The summed E-state index contributed by atoms with van der Waals surface area (Å²) in [6, 6.07) is 5.33. The Morgan fingerprint density at radius 3 is 2.43 bits per heavy atom. The lowest BCUT2D eigenvalue weighted by molar-refractivity contribution is 0.0527. The second-order valence-electron chi connectivity index (χ2n) is 6.87. The molecule has 4 nitrogen and oxygen atoms in total. The van der Waals surface area contributed by atoms with Crippen molar-refractivity contribution in [1.29, 1.82) is 0 Å². The van der Waals surface area contributed by atoms with Gasteiger partial charge in [-0.05, 0) is 35.8 Å². The quantitative estimate of drug-likeness (QED) is 0.643. The molecule has 0 radical (unpaired) electrons. The van der Waals surface area contributed by atoms with Crippen molar-refractivity contribution in [2.45, 2.75) is 34.6 Å². The van der Waals surface area contributed by atoms with E-state index >= 15 is 0 Å². The first-order chi connectivity index (χ1) is 9.73. The van der Waals surface area contributed by atoms with E-state index in [9.17, 15) is 4.79 Å². The summed E-state index contributed by atoms with van der Waals surface area (Å²) in [6.45, 7) is 12.1. The first-order valence-electron chi connectivity index (χ1n) is 7.53. The minimum absolute atomic E-state index is 0.299. The van der Waals surface area contributed by atoms with E-state index in [-0.39, 0.29) is 5.97 Å². The molecule has 0 aromatic heterocycles. The van der Waals surface area contributed by atoms with E-state index in [1.165, 1.54) is 0 Å². The minimum atomic E-state index is -0.332. The Balaban J connectivity index is 2.15. The van der Waals surface area contributed by atoms with Gasteiger partial charge in [-0.2, -0.15) is 0 Å². The molecule has 0 atom stereocenters. The van der Waals surface area contributed by atoms with Crippen LogP contribution >= 0.6 is 0 Å². The molecule has 0 heterocycles. The smallest absolute Gasteiger partial charge is 0.340 e. The summed E-state index contributed by atoms with van der Waals surface area (Å²) in [5.74, 6) is 0.223. The number of ether oxygens (including phenoxy) is 1. The number of nitrogens with one attached hydrogen (secondary N) is 1. The maximum atomic E-state index is 12.0. The van der Waals surface area contributed by atoms with Crippen molar-refractivity contribution >= 4 is 17.3 Å². The van der Waals surface area contributed by atoms with E-state index in [0.717, 1.165) is 6.54 Å². The molecule has 1 aliphatic carbocycles. The summed E-state index contributed by atoms with van der Waals surface area (Å²) in [7, 11) is 0. The predicted octanol–water partition coefficient (Wildman–Crippen LogP) is 3.54. The first-order valence-corrected chi connectivity index (χ1v) is 7.53. The number of carbonyl (C=O) groups is 1. The van der Waals surface area contributed by atoms with E-state index < -0.39 is 0 Å². The van der Waals surface area contributed by atoms with Gasteiger partial charge in [0, 0.05) is 6.54 Å². The minimum Gasteiger partial charge on any atom is -0.462 e. The fourth-order valence-corrected chi connectivity index (χ4v) is 3.19. The molecule has 4 heteroatoms. The zero-order valence-corrected chi connectivity index (χ0v) is 13.6. The van der Waals surface area contributed by atoms with Gasteiger partial charge >= 0.3 is 5.97 Å². The maximum Gasteiger partial charge on any atom is 0.340 e. The summed E-state index contributed by atoms with van der Waals surface area (Å²) in [6.07, 6.45) is 0. The lowest BCUT2D eigenvalue weighted by Crippen LogP contribution is -2.15. The Kier molecular flexibility index (Phi) is 3.91. The van der Waals surface area contributed by atoms with Crippen LogP contribution in [0.1, 0.15) is 45.0 Å². The van der Waals surface area contributed by atoms with Crippen LogP contribution in [-0.4, -0.2) is 19.1 Å². The fourth-order valence-electron chi connectivity index (χ4n) is 3.19. The van der Waals surface area contributed by atoms with Gasteiger partial charge in [0.25, 0.3) is 0 Å². The Labute approximate surface area is 127 Å². The van der Waals surface area contributed by atoms with Gasteiger partial charge in [0.15, 0.2) is 0 Å². The molecule has 3 N–H and O–H groups in total. The number of nitrogen functional groups attached to an aromatic ring is 1. The molecule has 1 aliphatic rings. The number of nitrogens with two attached hydrogens (primary N) is 1. The number of anilines is 2. The standard InChI is InChI=1S/C17H26N2O2/c1-6-21-15(20)11-8-7-9-12(18)14(11)19-10-13-16(2,3)17(13,4)5/h7-9,13,19H,6,10,18H2,1-5H3. The molecular formula is C17H26N2O2. The van der Waals surface area contributed by atoms with Crippen molar-refractivity contribution in [3.8, 4) is 0 Å².